The highest BCUT2D eigenvalue weighted by Gasteiger charge is 2.15. The number of aromatic nitrogens is 2. The van der Waals surface area contributed by atoms with E-state index in [9.17, 15) is 0 Å². The highest BCUT2D eigenvalue weighted by atomic mass is 35.5. The van der Waals surface area contributed by atoms with Gasteiger partial charge in [0.1, 0.15) is 0 Å². The summed E-state index contributed by atoms with van der Waals surface area (Å²) >= 11 is 12.1. The van der Waals surface area contributed by atoms with Gasteiger partial charge in [0.25, 0.3) is 0 Å². The summed E-state index contributed by atoms with van der Waals surface area (Å²) in [5, 5.41) is 5.77. The fourth-order valence-corrected chi connectivity index (χ4v) is 2.83. The molecule has 3 rings (SSSR count). The van der Waals surface area contributed by atoms with Gasteiger partial charge in [0.2, 0.25) is 0 Å². The van der Waals surface area contributed by atoms with E-state index in [4.69, 9.17) is 23.2 Å². The van der Waals surface area contributed by atoms with Crippen molar-refractivity contribution in [2.45, 2.75) is 13.8 Å². The highest BCUT2D eigenvalue weighted by molar-refractivity contribution is 6.42. The maximum absolute atomic E-state index is 6.13. The second-order valence-electron chi connectivity index (χ2n) is 4.92. The van der Waals surface area contributed by atoms with Gasteiger partial charge >= 0.3 is 0 Å². The van der Waals surface area contributed by atoms with Crippen LogP contribution in [-0.2, 0) is 0 Å². The fourth-order valence-electron chi connectivity index (χ4n) is 2.53. The van der Waals surface area contributed by atoms with Gasteiger partial charge in [0.15, 0.2) is 0 Å². The second kappa shape index (κ2) is 5.55. The summed E-state index contributed by atoms with van der Waals surface area (Å²) in [6.45, 7) is 4.06. The van der Waals surface area contributed by atoms with Crippen molar-refractivity contribution in [3.05, 3.63) is 70.0 Å². The molecular formula is C17H14Cl2N2. The minimum Gasteiger partial charge on any atom is -0.237 e. The van der Waals surface area contributed by atoms with Gasteiger partial charge in [-0.2, -0.15) is 5.10 Å². The predicted molar refractivity (Wildman–Crippen MR) is 88.5 cm³/mol. The number of nitrogens with zero attached hydrogens (tertiary/aromatic N) is 2. The Balaban J connectivity index is 2.16. The van der Waals surface area contributed by atoms with Crippen LogP contribution in [0.5, 0.6) is 0 Å². The lowest BCUT2D eigenvalue weighted by atomic mass is 10.0. The third kappa shape index (κ3) is 2.57. The lowest BCUT2D eigenvalue weighted by Crippen LogP contribution is -1.98. The van der Waals surface area contributed by atoms with E-state index >= 15 is 0 Å². The summed E-state index contributed by atoms with van der Waals surface area (Å²) in [5.74, 6) is 0. The average Bonchev–Trinajstić information content (AvgIpc) is 2.78. The molecule has 0 radical (unpaired) electrons. The smallest absolute Gasteiger partial charge is 0.0679 e. The van der Waals surface area contributed by atoms with Gasteiger partial charge in [0, 0.05) is 11.3 Å². The van der Waals surface area contributed by atoms with Crippen LogP contribution >= 0.6 is 23.2 Å². The zero-order valence-electron chi connectivity index (χ0n) is 11.8. The van der Waals surface area contributed by atoms with Crippen LogP contribution in [0.15, 0.2) is 48.5 Å². The molecule has 0 saturated carbocycles. The molecule has 3 aromatic rings. The molecule has 2 aromatic carbocycles. The van der Waals surface area contributed by atoms with Crippen molar-refractivity contribution >= 4 is 23.2 Å². The molecule has 0 unspecified atom stereocenters. The molecule has 0 amide bonds. The fraction of sp³-hybridized carbons (Fsp3) is 0.118. The molecular weight excluding hydrogens is 303 g/mol. The third-order valence-electron chi connectivity index (χ3n) is 3.50. The van der Waals surface area contributed by atoms with Crippen molar-refractivity contribution in [2.24, 2.45) is 0 Å². The Labute approximate surface area is 133 Å². The summed E-state index contributed by atoms with van der Waals surface area (Å²) in [6.07, 6.45) is 0. The standard InChI is InChI=1S/C17H14Cl2N2/c1-11-17(13-8-9-15(18)16(19)10-13)12(2)21(20-11)14-6-4-3-5-7-14/h3-10H,1-2H3. The largest absolute Gasteiger partial charge is 0.237 e. The second-order valence-corrected chi connectivity index (χ2v) is 5.74. The van der Waals surface area contributed by atoms with Gasteiger partial charge in [-0.15, -0.1) is 0 Å². The van der Waals surface area contributed by atoms with Crippen molar-refractivity contribution in [3.8, 4) is 16.8 Å². The van der Waals surface area contributed by atoms with Gasteiger partial charge in [-0.1, -0.05) is 47.5 Å². The van der Waals surface area contributed by atoms with E-state index in [-0.39, 0.29) is 0 Å². The van der Waals surface area contributed by atoms with Crippen LogP contribution < -0.4 is 0 Å². The molecule has 4 heteroatoms. The van der Waals surface area contributed by atoms with E-state index in [1.54, 1.807) is 0 Å². The SMILES string of the molecule is Cc1nn(-c2ccccc2)c(C)c1-c1ccc(Cl)c(Cl)c1. The number of benzene rings is 2. The van der Waals surface area contributed by atoms with Gasteiger partial charge in [-0.05, 0) is 43.7 Å². The lowest BCUT2D eigenvalue weighted by Gasteiger charge is -2.06. The zero-order chi connectivity index (χ0) is 15.0. The molecule has 0 atom stereocenters. The quantitative estimate of drug-likeness (QED) is 0.613. The number of hydrogen-bond donors (Lipinski definition) is 0. The average molecular weight is 317 g/mol. The lowest BCUT2D eigenvalue weighted by molar-refractivity contribution is 0.834. The van der Waals surface area contributed by atoms with E-state index in [0.717, 1.165) is 28.2 Å². The van der Waals surface area contributed by atoms with Crippen LogP contribution in [0.25, 0.3) is 16.8 Å². The zero-order valence-corrected chi connectivity index (χ0v) is 13.3. The molecule has 1 heterocycles. The van der Waals surface area contributed by atoms with Gasteiger partial charge in [-0.25, -0.2) is 4.68 Å². The van der Waals surface area contributed by atoms with Gasteiger partial charge in [-0.3, -0.25) is 0 Å². The first-order valence-corrected chi connectivity index (χ1v) is 7.40. The van der Waals surface area contributed by atoms with Crippen LogP contribution in [0.2, 0.25) is 10.0 Å². The minimum absolute atomic E-state index is 0.556. The molecule has 0 aliphatic rings. The topological polar surface area (TPSA) is 17.8 Å². The van der Waals surface area contributed by atoms with E-state index in [1.165, 1.54) is 0 Å². The first kappa shape index (κ1) is 14.2. The Morgan fingerprint density at radius 3 is 2.29 bits per heavy atom. The molecule has 106 valence electrons. The molecule has 0 bridgehead atoms. The molecule has 21 heavy (non-hydrogen) atoms. The number of aryl methyl sites for hydroxylation is 1. The molecule has 0 fully saturated rings. The minimum atomic E-state index is 0.556. The van der Waals surface area contributed by atoms with Crippen molar-refractivity contribution in [1.29, 1.82) is 0 Å². The summed E-state index contributed by atoms with van der Waals surface area (Å²) in [6, 6.07) is 15.8. The van der Waals surface area contributed by atoms with E-state index in [2.05, 4.69) is 12.0 Å². The van der Waals surface area contributed by atoms with E-state index < -0.39 is 0 Å². The van der Waals surface area contributed by atoms with E-state index in [0.29, 0.717) is 10.0 Å². The van der Waals surface area contributed by atoms with Crippen molar-refractivity contribution in [1.82, 2.24) is 9.78 Å². The summed E-state index contributed by atoms with van der Waals surface area (Å²) in [4.78, 5) is 0. The first-order valence-electron chi connectivity index (χ1n) is 6.65. The Morgan fingerprint density at radius 1 is 0.905 bits per heavy atom. The molecule has 0 spiro atoms. The maximum Gasteiger partial charge on any atom is 0.0679 e. The monoisotopic (exact) mass is 316 g/mol. The Morgan fingerprint density at radius 2 is 1.62 bits per heavy atom. The Kier molecular flexibility index (Phi) is 3.75. The highest BCUT2D eigenvalue weighted by Crippen LogP contribution is 2.33. The van der Waals surface area contributed by atoms with E-state index in [1.807, 2.05) is 60.1 Å². The van der Waals surface area contributed by atoms with Crippen molar-refractivity contribution in [2.75, 3.05) is 0 Å². The predicted octanol–water partition coefficient (Wildman–Crippen LogP) is 5.46. The Hall–Kier alpha value is -1.77. The Bertz CT molecular complexity index is 792. The number of halogens is 2. The van der Waals surface area contributed by atoms with Crippen LogP contribution in [0.4, 0.5) is 0 Å². The summed E-state index contributed by atoms with van der Waals surface area (Å²) in [5.41, 5.74) is 5.22. The number of rotatable bonds is 2. The first-order chi connectivity index (χ1) is 10.1. The normalized spacial score (nSPS) is 10.9. The number of hydrogen-bond acceptors (Lipinski definition) is 1. The van der Waals surface area contributed by atoms with Gasteiger partial charge in [0.05, 0.1) is 21.4 Å². The van der Waals surface area contributed by atoms with Crippen molar-refractivity contribution < 1.29 is 0 Å². The molecule has 0 aliphatic carbocycles. The maximum atomic E-state index is 6.13. The third-order valence-corrected chi connectivity index (χ3v) is 4.24. The van der Waals surface area contributed by atoms with Crippen LogP contribution in [0.3, 0.4) is 0 Å². The summed E-state index contributed by atoms with van der Waals surface area (Å²) < 4.78 is 1.95. The molecule has 2 nitrogen and oxygen atoms in total. The summed E-state index contributed by atoms with van der Waals surface area (Å²) in [7, 11) is 0. The van der Waals surface area contributed by atoms with Crippen LogP contribution in [-0.4, -0.2) is 9.78 Å². The van der Waals surface area contributed by atoms with Crippen molar-refractivity contribution in [3.63, 3.8) is 0 Å². The number of para-hydroxylation sites is 1. The molecule has 0 saturated heterocycles. The van der Waals surface area contributed by atoms with Gasteiger partial charge < -0.3 is 0 Å². The molecule has 1 aromatic heterocycles. The van der Waals surface area contributed by atoms with Crippen LogP contribution in [0.1, 0.15) is 11.4 Å². The molecule has 0 N–H and O–H groups in total. The van der Waals surface area contributed by atoms with Crippen LogP contribution in [0, 0.1) is 13.8 Å². The molecule has 0 aliphatic heterocycles.